The first kappa shape index (κ1) is 28.0. The Kier molecular flexibility index (Phi) is 6.71. The summed E-state index contributed by atoms with van der Waals surface area (Å²) in [6.07, 6.45) is -10.9. The minimum atomic E-state index is -4.91. The fourth-order valence-electron chi connectivity index (χ4n) is 4.21. The number of nitrogens with zero attached hydrogens (tertiary/aromatic N) is 4. The third kappa shape index (κ3) is 4.83. The third-order valence-electron chi connectivity index (χ3n) is 6.50. The standard InChI is InChI=1S/C23H20F8N6O2/c1-21(2,23(29,30)31)20(39)36-7-13(24)14(8-36)35-19(38)11-5-3-4-10(16(11)25)15-6-12(22(26,27)28)17-18(32)33-9-34-37(15)17/h3-6,9,13-14H,7-8H2,1-2H3,(H,35,38)(H2,32,33,34)/t13-,14+/m0/s1. The summed E-state index contributed by atoms with van der Waals surface area (Å²) in [4.78, 5) is 29.4. The molecule has 1 aliphatic rings. The number of carbonyl (C=O) groups is 2. The summed E-state index contributed by atoms with van der Waals surface area (Å²) in [5, 5.41) is 5.87. The van der Waals surface area contributed by atoms with Crippen LogP contribution in [0.25, 0.3) is 16.8 Å². The lowest BCUT2D eigenvalue weighted by Gasteiger charge is -2.30. The molecular formula is C23H20F8N6O2. The van der Waals surface area contributed by atoms with Gasteiger partial charge < -0.3 is 16.0 Å². The molecule has 0 unspecified atom stereocenters. The van der Waals surface area contributed by atoms with Gasteiger partial charge in [-0.25, -0.2) is 18.3 Å². The van der Waals surface area contributed by atoms with Crippen LogP contribution in [0.3, 0.4) is 0 Å². The molecule has 0 bridgehead atoms. The number of alkyl halides is 7. The fraction of sp³-hybridized carbons (Fsp3) is 0.391. The van der Waals surface area contributed by atoms with Crippen LogP contribution in [0.5, 0.6) is 0 Å². The van der Waals surface area contributed by atoms with Crippen molar-refractivity contribution >= 4 is 23.1 Å². The zero-order chi connectivity index (χ0) is 29.1. The van der Waals surface area contributed by atoms with Gasteiger partial charge in [0, 0.05) is 12.1 Å². The van der Waals surface area contributed by atoms with Crippen LogP contribution in [0, 0.1) is 11.2 Å². The van der Waals surface area contributed by atoms with E-state index in [1.54, 1.807) is 0 Å². The lowest BCUT2D eigenvalue weighted by atomic mass is 9.91. The molecule has 0 spiro atoms. The summed E-state index contributed by atoms with van der Waals surface area (Å²) in [6.45, 7) is -0.0584. The quantitative estimate of drug-likeness (QED) is 0.466. The molecule has 1 aromatic carbocycles. The van der Waals surface area contributed by atoms with Crippen molar-refractivity contribution in [2.24, 2.45) is 5.41 Å². The van der Waals surface area contributed by atoms with Crippen LogP contribution in [0.1, 0.15) is 29.8 Å². The smallest absolute Gasteiger partial charge is 0.382 e. The molecule has 3 aromatic rings. The summed E-state index contributed by atoms with van der Waals surface area (Å²) in [6, 6.07) is 2.34. The number of nitrogen functional groups attached to an aromatic ring is 1. The van der Waals surface area contributed by atoms with E-state index in [1.165, 1.54) is 0 Å². The van der Waals surface area contributed by atoms with E-state index in [9.17, 15) is 40.3 Å². The maximum Gasteiger partial charge on any atom is 0.418 e. The lowest BCUT2D eigenvalue weighted by molar-refractivity contribution is -0.216. The van der Waals surface area contributed by atoms with E-state index in [0.717, 1.165) is 24.5 Å². The van der Waals surface area contributed by atoms with Crippen LogP contribution < -0.4 is 11.1 Å². The van der Waals surface area contributed by atoms with Gasteiger partial charge in [-0.1, -0.05) is 6.07 Å². The fourth-order valence-corrected chi connectivity index (χ4v) is 4.21. The average Bonchev–Trinajstić information content (AvgIpc) is 3.39. The van der Waals surface area contributed by atoms with Gasteiger partial charge in [0.2, 0.25) is 5.91 Å². The van der Waals surface area contributed by atoms with Crippen molar-refractivity contribution in [2.45, 2.75) is 38.4 Å². The first-order chi connectivity index (χ1) is 17.9. The van der Waals surface area contributed by atoms with Crippen LogP contribution in [0.2, 0.25) is 0 Å². The zero-order valence-electron chi connectivity index (χ0n) is 20.2. The van der Waals surface area contributed by atoms with E-state index in [1.807, 2.05) is 0 Å². The topological polar surface area (TPSA) is 106 Å². The highest BCUT2D eigenvalue weighted by molar-refractivity contribution is 5.96. The van der Waals surface area contributed by atoms with Gasteiger partial charge in [0.05, 0.1) is 29.4 Å². The molecule has 210 valence electrons. The second-order valence-corrected chi connectivity index (χ2v) is 9.44. The van der Waals surface area contributed by atoms with Gasteiger partial charge in [-0.15, -0.1) is 0 Å². The highest BCUT2D eigenvalue weighted by Crippen LogP contribution is 2.41. The molecule has 0 radical (unpaired) electrons. The Morgan fingerprint density at radius 1 is 1.10 bits per heavy atom. The first-order valence-corrected chi connectivity index (χ1v) is 11.2. The van der Waals surface area contributed by atoms with Gasteiger partial charge in [0.1, 0.15) is 29.2 Å². The Balaban J connectivity index is 1.63. The molecule has 39 heavy (non-hydrogen) atoms. The molecule has 4 rings (SSSR count). The molecular weight excluding hydrogens is 544 g/mol. The van der Waals surface area contributed by atoms with Gasteiger partial charge in [-0.05, 0) is 32.0 Å². The number of nitrogens with two attached hydrogens (primary N) is 1. The SMILES string of the molecule is CC(C)(C(=O)N1C[C@H](F)[C@H](NC(=O)c2cccc(-c3cc(C(F)(F)F)c4c(N)ncnn34)c2F)C1)C(F)(F)F. The molecule has 16 heteroatoms. The number of aromatic nitrogens is 3. The van der Waals surface area contributed by atoms with Crippen LogP contribution in [-0.2, 0) is 11.0 Å². The van der Waals surface area contributed by atoms with Crippen LogP contribution in [-0.4, -0.2) is 62.8 Å². The largest absolute Gasteiger partial charge is 0.418 e. The second-order valence-electron chi connectivity index (χ2n) is 9.44. The molecule has 1 aliphatic heterocycles. The predicted molar refractivity (Wildman–Crippen MR) is 120 cm³/mol. The van der Waals surface area contributed by atoms with Gasteiger partial charge in [-0.3, -0.25) is 9.59 Å². The number of anilines is 1. The van der Waals surface area contributed by atoms with Crippen molar-refractivity contribution in [1.29, 1.82) is 0 Å². The lowest BCUT2D eigenvalue weighted by Crippen LogP contribution is -2.49. The number of carbonyl (C=O) groups excluding carboxylic acids is 2. The minimum Gasteiger partial charge on any atom is -0.382 e. The third-order valence-corrected chi connectivity index (χ3v) is 6.50. The monoisotopic (exact) mass is 564 g/mol. The Morgan fingerprint density at radius 2 is 1.77 bits per heavy atom. The first-order valence-electron chi connectivity index (χ1n) is 11.2. The predicted octanol–water partition coefficient (Wildman–Crippen LogP) is 4.00. The molecule has 8 nitrogen and oxygen atoms in total. The van der Waals surface area contributed by atoms with E-state index in [0.29, 0.717) is 29.3 Å². The van der Waals surface area contributed by atoms with E-state index in [2.05, 4.69) is 15.4 Å². The Labute approximate surface area is 214 Å². The molecule has 0 aliphatic carbocycles. The zero-order valence-corrected chi connectivity index (χ0v) is 20.2. The van der Waals surface area contributed by atoms with Gasteiger partial charge in [0.15, 0.2) is 5.82 Å². The molecule has 1 saturated heterocycles. The van der Waals surface area contributed by atoms with E-state index < -0.39 is 94.4 Å². The maximum atomic E-state index is 15.5. The van der Waals surface area contributed by atoms with Crippen LogP contribution in [0.4, 0.5) is 40.9 Å². The Bertz CT molecular complexity index is 1450. The molecule has 0 saturated carbocycles. The van der Waals surface area contributed by atoms with Crippen LogP contribution in [0.15, 0.2) is 30.6 Å². The summed E-state index contributed by atoms with van der Waals surface area (Å²) in [7, 11) is 0. The number of nitrogens with one attached hydrogen (secondary N) is 1. The maximum absolute atomic E-state index is 15.5. The number of amides is 2. The van der Waals surface area contributed by atoms with E-state index in [-0.39, 0.29) is 0 Å². The van der Waals surface area contributed by atoms with Crippen molar-refractivity contribution in [3.8, 4) is 11.3 Å². The normalized spacial score (nSPS) is 18.6. The summed E-state index contributed by atoms with van der Waals surface area (Å²) in [5.41, 5.74) is -0.670. The number of rotatable bonds is 4. The highest BCUT2D eigenvalue weighted by atomic mass is 19.4. The minimum absolute atomic E-state index is 0.408. The van der Waals surface area contributed by atoms with Gasteiger partial charge in [-0.2, -0.15) is 31.4 Å². The summed E-state index contributed by atoms with van der Waals surface area (Å²) >= 11 is 0. The number of hydrogen-bond donors (Lipinski definition) is 2. The van der Waals surface area contributed by atoms with Crippen molar-refractivity contribution in [3.63, 3.8) is 0 Å². The second kappa shape index (κ2) is 9.34. The molecule has 2 atom stereocenters. The van der Waals surface area contributed by atoms with Crippen molar-refractivity contribution < 1.29 is 44.7 Å². The molecule has 2 amide bonds. The van der Waals surface area contributed by atoms with E-state index in [4.69, 9.17) is 5.73 Å². The molecule has 3 heterocycles. The number of likely N-dealkylation sites (tertiary alicyclic amines) is 1. The Hall–Kier alpha value is -3.98. The molecule has 3 N–H and O–H groups in total. The number of hydrogen-bond acceptors (Lipinski definition) is 5. The van der Waals surface area contributed by atoms with Crippen molar-refractivity contribution in [2.75, 3.05) is 18.8 Å². The van der Waals surface area contributed by atoms with Gasteiger partial charge in [0.25, 0.3) is 5.91 Å². The van der Waals surface area contributed by atoms with Crippen molar-refractivity contribution in [1.82, 2.24) is 24.8 Å². The summed E-state index contributed by atoms with van der Waals surface area (Å²) < 4.78 is 111. The number of benzene rings is 1. The van der Waals surface area contributed by atoms with Gasteiger partial charge >= 0.3 is 12.4 Å². The molecule has 1 fully saturated rings. The van der Waals surface area contributed by atoms with Crippen LogP contribution >= 0.6 is 0 Å². The highest BCUT2D eigenvalue weighted by Gasteiger charge is 2.55. The summed E-state index contributed by atoms with van der Waals surface area (Å²) in [5.74, 6) is -4.40. The Morgan fingerprint density at radius 3 is 2.38 bits per heavy atom. The number of halogens is 8. The molecule has 2 aromatic heterocycles. The number of fused-ring (bicyclic) bond motifs is 1. The van der Waals surface area contributed by atoms with Crippen molar-refractivity contribution in [3.05, 3.63) is 47.5 Å². The average molecular weight is 564 g/mol. The van der Waals surface area contributed by atoms with E-state index >= 15 is 4.39 Å².